The van der Waals surface area contributed by atoms with Crippen molar-refractivity contribution in [3.63, 3.8) is 0 Å². The minimum absolute atomic E-state index is 0.112. The molecule has 6 heteroatoms. The zero-order valence-corrected chi connectivity index (χ0v) is 25.8. The highest BCUT2D eigenvalue weighted by Gasteiger charge is 2.40. The number of thioether (sulfide) groups is 1. The molecule has 1 N–H and O–H groups in total. The van der Waals surface area contributed by atoms with Gasteiger partial charge < -0.3 is 15.0 Å². The second kappa shape index (κ2) is 14.1. The van der Waals surface area contributed by atoms with Crippen LogP contribution in [0.25, 0.3) is 6.08 Å². The van der Waals surface area contributed by atoms with Crippen molar-refractivity contribution in [1.82, 2.24) is 10.2 Å². The quantitative estimate of drug-likeness (QED) is 0.194. The number of amides is 2. The van der Waals surface area contributed by atoms with Crippen LogP contribution in [0.4, 0.5) is 0 Å². The fraction of sp³-hybridized carbons (Fsp3) is 0.389. The molecule has 3 unspecified atom stereocenters. The monoisotopic (exact) mass is 582 g/mol. The second-order valence-corrected chi connectivity index (χ2v) is 12.8. The van der Waals surface area contributed by atoms with Crippen molar-refractivity contribution in [1.29, 1.82) is 0 Å². The highest BCUT2D eigenvalue weighted by molar-refractivity contribution is 8.04. The predicted molar refractivity (Wildman–Crippen MR) is 173 cm³/mol. The van der Waals surface area contributed by atoms with Crippen LogP contribution in [0.3, 0.4) is 0 Å². The molecular formula is C36H42N2O3S. The number of rotatable bonds is 10. The number of unbranched alkanes of at least 4 members (excludes halogenated alkanes) is 1. The van der Waals surface area contributed by atoms with Gasteiger partial charge in [0.2, 0.25) is 0 Å². The van der Waals surface area contributed by atoms with Gasteiger partial charge in [-0.3, -0.25) is 9.59 Å². The van der Waals surface area contributed by atoms with Gasteiger partial charge in [-0.05, 0) is 80.1 Å². The average molecular weight is 583 g/mol. The molecule has 3 atom stereocenters. The van der Waals surface area contributed by atoms with Crippen molar-refractivity contribution in [2.24, 2.45) is 0 Å². The summed E-state index contributed by atoms with van der Waals surface area (Å²) >= 11 is 1.74. The molecule has 1 aliphatic heterocycles. The maximum atomic E-state index is 13.7. The first-order chi connectivity index (χ1) is 20.4. The van der Waals surface area contributed by atoms with E-state index in [0.717, 1.165) is 47.5 Å². The number of hydrogen-bond donors (Lipinski definition) is 1. The van der Waals surface area contributed by atoms with E-state index >= 15 is 0 Å². The second-order valence-electron chi connectivity index (χ2n) is 11.5. The number of benzene rings is 3. The average Bonchev–Trinajstić information content (AvgIpc) is 3.01. The molecule has 2 amide bonds. The maximum absolute atomic E-state index is 13.7. The number of carbonyl (C=O) groups is 2. The number of nitrogens with one attached hydrogen (secondary N) is 1. The third-order valence-electron chi connectivity index (χ3n) is 8.26. The molecule has 1 saturated carbocycles. The number of nitrogens with zero attached hydrogens (tertiary/aromatic N) is 1. The van der Waals surface area contributed by atoms with Crippen LogP contribution in [0.5, 0.6) is 5.75 Å². The summed E-state index contributed by atoms with van der Waals surface area (Å²) in [6, 6.07) is 24.1. The summed E-state index contributed by atoms with van der Waals surface area (Å²) in [6.07, 6.45) is 8.73. The van der Waals surface area contributed by atoms with Crippen molar-refractivity contribution in [3.05, 3.63) is 106 Å². The molecule has 2 aliphatic rings. The fourth-order valence-electron chi connectivity index (χ4n) is 5.68. The van der Waals surface area contributed by atoms with Gasteiger partial charge in [0, 0.05) is 23.4 Å². The number of hydrogen-bond acceptors (Lipinski definition) is 4. The predicted octanol–water partition coefficient (Wildman–Crippen LogP) is 8.09. The molecule has 5 rings (SSSR count). The summed E-state index contributed by atoms with van der Waals surface area (Å²) in [7, 11) is 0. The normalized spacial score (nSPS) is 20.2. The minimum atomic E-state index is -0.136. The molecule has 1 heterocycles. The minimum Gasteiger partial charge on any atom is -0.494 e. The fourth-order valence-corrected chi connectivity index (χ4v) is 7.16. The van der Waals surface area contributed by atoms with Crippen LogP contribution in [0.1, 0.15) is 91.0 Å². The Labute approximate surface area is 254 Å². The number of aryl methyl sites for hydroxylation is 1. The van der Waals surface area contributed by atoms with Crippen molar-refractivity contribution < 1.29 is 14.3 Å². The van der Waals surface area contributed by atoms with Gasteiger partial charge >= 0.3 is 0 Å². The van der Waals surface area contributed by atoms with E-state index in [0.29, 0.717) is 24.0 Å². The Hall–Kier alpha value is -3.51. The molecular weight excluding hydrogens is 540 g/mol. The molecule has 2 fully saturated rings. The Bertz CT molecular complexity index is 1380. The van der Waals surface area contributed by atoms with Gasteiger partial charge in [-0.1, -0.05) is 80.3 Å². The van der Waals surface area contributed by atoms with Gasteiger partial charge in [0.1, 0.15) is 5.75 Å². The highest BCUT2D eigenvalue weighted by atomic mass is 32.2. The first-order valence-corrected chi connectivity index (χ1v) is 16.2. The van der Waals surface area contributed by atoms with Crippen LogP contribution < -0.4 is 10.1 Å². The Kier molecular flexibility index (Phi) is 10.1. The number of carbonyl (C=O) groups excluding carboxylic acids is 2. The highest BCUT2D eigenvalue weighted by Crippen LogP contribution is 2.42. The lowest BCUT2D eigenvalue weighted by Gasteiger charge is -2.44. The lowest BCUT2D eigenvalue weighted by molar-refractivity contribution is -0.130. The van der Waals surface area contributed by atoms with Gasteiger partial charge in [0.25, 0.3) is 11.8 Å². The largest absolute Gasteiger partial charge is 0.494 e. The van der Waals surface area contributed by atoms with Crippen molar-refractivity contribution >= 4 is 29.7 Å². The Morgan fingerprint density at radius 1 is 1.02 bits per heavy atom. The van der Waals surface area contributed by atoms with Gasteiger partial charge in [0.05, 0.1) is 17.6 Å². The van der Waals surface area contributed by atoms with Crippen LogP contribution in [0.15, 0.2) is 77.7 Å². The van der Waals surface area contributed by atoms with E-state index in [9.17, 15) is 9.59 Å². The van der Waals surface area contributed by atoms with Gasteiger partial charge in [0.15, 0.2) is 0 Å². The molecule has 0 radical (unpaired) electrons. The summed E-state index contributed by atoms with van der Waals surface area (Å²) in [6.45, 7) is 7.57. The lowest BCUT2D eigenvalue weighted by Crippen LogP contribution is -2.50. The molecule has 1 aliphatic carbocycles. The summed E-state index contributed by atoms with van der Waals surface area (Å²) in [5.74, 6) is 0.839. The molecule has 0 spiro atoms. The van der Waals surface area contributed by atoms with Crippen LogP contribution in [0.2, 0.25) is 0 Å². The van der Waals surface area contributed by atoms with Crippen molar-refractivity contribution in [3.8, 4) is 5.75 Å². The molecule has 42 heavy (non-hydrogen) atoms. The lowest BCUT2D eigenvalue weighted by atomic mass is 9.92. The van der Waals surface area contributed by atoms with Crippen LogP contribution in [-0.4, -0.2) is 34.6 Å². The van der Waals surface area contributed by atoms with E-state index in [1.807, 2.05) is 61.5 Å². The zero-order chi connectivity index (χ0) is 29.5. The topological polar surface area (TPSA) is 58.6 Å². The van der Waals surface area contributed by atoms with Gasteiger partial charge in [-0.25, -0.2) is 0 Å². The van der Waals surface area contributed by atoms with Crippen molar-refractivity contribution in [2.45, 2.75) is 83.2 Å². The molecule has 0 aromatic heterocycles. The summed E-state index contributed by atoms with van der Waals surface area (Å²) in [5, 5.41) is 3.52. The number of fused-ring (bicyclic) bond motifs is 1. The maximum Gasteiger partial charge on any atom is 0.260 e. The van der Waals surface area contributed by atoms with Crippen LogP contribution >= 0.6 is 11.8 Å². The van der Waals surface area contributed by atoms with E-state index < -0.39 is 0 Å². The van der Waals surface area contributed by atoms with Gasteiger partial charge in [-0.2, -0.15) is 0 Å². The van der Waals surface area contributed by atoms with Crippen LogP contribution in [-0.2, 0) is 11.3 Å². The smallest absolute Gasteiger partial charge is 0.260 e. The molecule has 0 bridgehead atoms. The summed E-state index contributed by atoms with van der Waals surface area (Å²) in [5.41, 5.74) is 4.95. The Balaban J connectivity index is 1.24. The third kappa shape index (κ3) is 7.46. The molecule has 3 aromatic rings. The van der Waals surface area contributed by atoms with E-state index in [1.165, 1.54) is 24.0 Å². The molecule has 220 valence electrons. The van der Waals surface area contributed by atoms with E-state index in [-0.39, 0.29) is 23.9 Å². The summed E-state index contributed by atoms with van der Waals surface area (Å²) < 4.78 is 5.75. The standard InChI is InChI=1S/C36H42N2O3S/c1-4-5-22-41-31-20-18-29(19-21-31)26(3)37-35(39)30-16-14-27(15-17-30)23-34-36(40)38(24-28-12-10-25(2)11-13-28)32-8-6-7-9-33(32)42-34/h10-21,23,26,32-33H,4-9,22,24H2,1-3H3,(H,37,39)/b34-23+. The first kappa shape index (κ1) is 30.0. The van der Waals surface area contributed by atoms with E-state index in [4.69, 9.17) is 4.74 Å². The first-order valence-electron chi connectivity index (χ1n) is 15.3. The molecule has 5 nitrogen and oxygen atoms in total. The van der Waals surface area contributed by atoms with E-state index in [1.54, 1.807) is 11.8 Å². The SMILES string of the molecule is CCCCOc1ccc(C(C)NC(=O)c2ccc(/C=C3/SC4CCCCC4N(Cc4ccc(C)cc4)C3=O)cc2)cc1. The Morgan fingerprint density at radius 3 is 2.45 bits per heavy atom. The molecule has 1 saturated heterocycles. The van der Waals surface area contributed by atoms with Crippen molar-refractivity contribution in [2.75, 3.05) is 6.61 Å². The zero-order valence-electron chi connectivity index (χ0n) is 25.0. The van der Waals surface area contributed by atoms with Crippen LogP contribution in [0, 0.1) is 6.92 Å². The summed E-state index contributed by atoms with van der Waals surface area (Å²) in [4.78, 5) is 29.6. The number of ether oxygens (including phenoxy) is 1. The van der Waals surface area contributed by atoms with E-state index in [2.05, 4.69) is 48.3 Å². The van der Waals surface area contributed by atoms with Gasteiger partial charge in [-0.15, -0.1) is 11.8 Å². The molecule has 3 aromatic carbocycles. The Morgan fingerprint density at radius 2 is 1.74 bits per heavy atom. The third-order valence-corrected chi connectivity index (χ3v) is 9.66.